The molecule has 1 rings (SSSR count). The average Bonchev–Trinajstić information content (AvgIpc) is 2.27. The first-order valence-corrected chi connectivity index (χ1v) is 5.45. The summed E-state index contributed by atoms with van der Waals surface area (Å²) in [6, 6.07) is 10.2. The van der Waals surface area contributed by atoms with E-state index in [9.17, 15) is 4.79 Å². The monoisotopic (exact) mass is 221 g/mol. The lowest BCUT2D eigenvalue weighted by atomic mass is 9.93. The van der Waals surface area contributed by atoms with Gasteiger partial charge in [0, 0.05) is 12.6 Å². The van der Waals surface area contributed by atoms with Crippen LogP contribution in [0.1, 0.15) is 32.4 Å². The van der Waals surface area contributed by atoms with Crippen molar-refractivity contribution in [2.24, 2.45) is 5.41 Å². The second kappa shape index (κ2) is 5.12. The molecule has 0 aliphatic carbocycles. The topological polar surface area (TPSA) is 49.3 Å². The smallest absolute Gasteiger partial charge is 0.310 e. The minimum atomic E-state index is -0.778. The van der Waals surface area contributed by atoms with Gasteiger partial charge in [0.05, 0.1) is 5.41 Å². The highest BCUT2D eigenvalue weighted by Gasteiger charge is 2.27. The predicted octanol–water partition coefficient (Wildman–Crippen LogP) is 2.45. The molecule has 2 N–H and O–H groups in total. The van der Waals surface area contributed by atoms with Gasteiger partial charge in [0.1, 0.15) is 0 Å². The Kier molecular flexibility index (Phi) is 4.07. The molecule has 3 heteroatoms. The van der Waals surface area contributed by atoms with Gasteiger partial charge in [0.25, 0.3) is 0 Å². The number of carboxylic acids is 1. The van der Waals surface area contributed by atoms with Gasteiger partial charge in [-0.25, -0.2) is 0 Å². The van der Waals surface area contributed by atoms with Crippen molar-refractivity contribution in [1.29, 1.82) is 0 Å². The van der Waals surface area contributed by atoms with Gasteiger partial charge in [0.2, 0.25) is 0 Å². The van der Waals surface area contributed by atoms with Gasteiger partial charge < -0.3 is 10.4 Å². The summed E-state index contributed by atoms with van der Waals surface area (Å²) in [6.45, 7) is 5.94. The van der Waals surface area contributed by atoms with Crippen LogP contribution in [0.5, 0.6) is 0 Å². The van der Waals surface area contributed by atoms with Crippen LogP contribution >= 0.6 is 0 Å². The Morgan fingerprint density at radius 3 is 2.44 bits per heavy atom. The van der Waals surface area contributed by atoms with Gasteiger partial charge in [0.15, 0.2) is 0 Å². The van der Waals surface area contributed by atoms with Gasteiger partial charge in [-0.15, -0.1) is 0 Å². The van der Waals surface area contributed by atoms with Crippen LogP contribution in [0.2, 0.25) is 0 Å². The van der Waals surface area contributed by atoms with Crippen molar-refractivity contribution in [2.45, 2.75) is 26.8 Å². The first-order chi connectivity index (χ1) is 7.43. The van der Waals surface area contributed by atoms with Crippen LogP contribution in [-0.4, -0.2) is 17.6 Å². The Morgan fingerprint density at radius 2 is 1.94 bits per heavy atom. The van der Waals surface area contributed by atoms with Crippen LogP contribution in [0.3, 0.4) is 0 Å². The third-order valence-corrected chi connectivity index (χ3v) is 2.73. The van der Waals surface area contributed by atoms with E-state index >= 15 is 0 Å². The first kappa shape index (κ1) is 12.7. The summed E-state index contributed by atoms with van der Waals surface area (Å²) < 4.78 is 0. The second-order valence-corrected chi connectivity index (χ2v) is 4.70. The van der Waals surface area contributed by atoms with Crippen LogP contribution in [0.25, 0.3) is 0 Å². The number of hydrogen-bond donors (Lipinski definition) is 2. The van der Waals surface area contributed by atoms with Crippen molar-refractivity contribution in [3.05, 3.63) is 35.9 Å². The molecule has 0 heterocycles. The standard InChI is InChI=1S/C13H19NO2/c1-10(11-7-5-4-6-8-11)14-9-13(2,3)12(15)16/h4-8,10,14H,9H2,1-3H3,(H,15,16)/t10-/m1/s1. The summed E-state index contributed by atoms with van der Waals surface area (Å²) in [5.41, 5.74) is 0.437. The van der Waals surface area contributed by atoms with E-state index in [1.165, 1.54) is 5.56 Å². The molecular formula is C13H19NO2. The molecule has 16 heavy (non-hydrogen) atoms. The number of nitrogens with one attached hydrogen (secondary N) is 1. The van der Waals surface area contributed by atoms with E-state index in [4.69, 9.17) is 5.11 Å². The fourth-order valence-electron chi connectivity index (χ4n) is 1.34. The second-order valence-electron chi connectivity index (χ2n) is 4.70. The normalized spacial score (nSPS) is 13.4. The highest BCUT2D eigenvalue weighted by atomic mass is 16.4. The number of carbonyl (C=O) groups is 1. The van der Waals surface area contributed by atoms with E-state index in [1.54, 1.807) is 13.8 Å². The van der Waals surface area contributed by atoms with Gasteiger partial charge in [-0.05, 0) is 26.3 Å². The highest BCUT2D eigenvalue weighted by molar-refractivity contribution is 5.73. The van der Waals surface area contributed by atoms with Gasteiger partial charge in [-0.1, -0.05) is 30.3 Å². The zero-order valence-corrected chi connectivity index (χ0v) is 10.0. The molecule has 0 unspecified atom stereocenters. The van der Waals surface area contributed by atoms with E-state index < -0.39 is 11.4 Å². The Balaban J connectivity index is 2.54. The summed E-state index contributed by atoms with van der Waals surface area (Å²) in [6.07, 6.45) is 0. The number of aliphatic carboxylic acids is 1. The maximum absolute atomic E-state index is 10.9. The quantitative estimate of drug-likeness (QED) is 0.803. The number of carboxylic acid groups (broad SMARTS) is 1. The lowest BCUT2D eigenvalue weighted by molar-refractivity contribution is -0.146. The van der Waals surface area contributed by atoms with Crippen LogP contribution in [0.4, 0.5) is 0 Å². The van der Waals surface area contributed by atoms with Crippen LogP contribution in [0.15, 0.2) is 30.3 Å². The van der Waals surface area contributed by atoms with Gasteiger partial charge in [-0.3, -0.25) is 4.79 Å². The molecule has 1 atom stereocenters. The molecule has 3 nitrogen and oxygen atoms in total. The van der Waals surface area contributed by atoms with Crippen LogP contribution in [0, 0.1) is 5.41 Å². The molecule has 0 radical (unpaired) electrons. The Hall–Kier alpha value is -1.35. The Labute approximate surface area is 96.5 Å². The summed E-state index contributed by atoms with van der Waals surface area (Å²) in [4.78, 5) is 10.9. The van der Waals surface area contributed by atoms with Crippen molar-refractivity contribution >= 4 is 5.97 Å². The fourth-order valence-corrected chi connectivity index (χ4v) is 1.34. The molecule has 0 fully saturated rings. The highest BCUT2D eigenvalue weighted by Crippen LogP contribution is 2.17. The number of hydrogen-bond acceptors (Lipinski definition) is 2. The minimum Gasteiger partial charge on any atom is -0.481 e. The molecule has 0 bridgehead atoms. The zero-order chi connectivity index (χ0) is 12.2. The van der Waals surface area contributed by atoms with Crippen molar-refractivity contribution in [1.82, 2.24) is 5.32 Å². The van der Waals surface area contributed by atoms with Gasteiger partial charge in [-0.2, -0.15) is 0 Å². The fraction of sp³-hybridized carbons (Fsp3) is 0.462. The summed E-state index contributed by atoms with van der Waals surface area (Å²) in [5.74, 6) is -0.778. The number of rotatable bonds is 5. The zero-order valence-electron chi connectivity index (χ0n) is 10.0. The molecular weight excluding hydrogens is 202 g/mol. The molecule has 0 saturated heterocycles. The lowest BCUT2D eigenvalue weighted by Crippen LogP contribution is -2.37. The van der Waals surface area contributed by atoms with Gasteiger partial charge >= 0.3 is 5.97 Å². The molecule has 1 aromatic rings. The third-order valence-electron chi connectivity index (χ3n) is 2.73. The molecule has 0 aromatic heterocycles. The number of benzene rings is 1. The molecule has 0 spiro atoms. The van der Waals surface area contributed by atoms with Crippen LogP contribution in [-0.2, 0) is 4.79 Å². The van der Waals surface area contributed by atoms with E-state index in [-0.39, 0.29) is 6.04 Å². The van der Waals surface area contributed by atoms with E-state index in [0.29, 0.717) is 6.54 Å². The van der Waals surface area contributed by atoms with Crippen molar-refractivity contribution in [2.75, 3.05) is 6.54 Å². The lowest BCUT2D eigenvalue weighted by Gasteiger charge is -2.23. The summed E-state index contributed by atoms with van der Waals surface area (Å²) in [7, 11) is 0. The molecule has 0 aliphatic rings. The Morgan fingerprint density at radius 1 is 1.38 bits per heavy atom. The van der Waals surface area contributed by atoms with E-state index in [1.807, 2.05) is 37.3 Å². The maximum atomic E-state index is 10.9. The van der Waals surface area contributed by atoms with Crippen molar-refractivity contribution in [3.8, 4) is 0 Å². The SMILES string of the molecule is C[C@@H](NCC(C)(C)C(=O)O)c1ccccc1. The average molecular weight is 221 g/mol. The molecule has 0 amide bonds. The molecule has 88 valence electrons. The minimum absolute atomic E-state index is 0.167. The maximum Gasteiger partial charge on any atom is 0.310 e. The molecule has 1 aromatic carbocycles. The van der Waals surface area contributed by atoms with E-state index in [2.05, 4.69) is 5.32 Å². The van der Waals surface area contributed by atoms with Crippen molar-refractivity contribution < 1.29 is 9.90 Å². The Bertz CT molecular complexity index is 346. The first-order valence-electron chi connectivity index (χ1n) is 5.45. The van der Waals surface area contributed by atoms with E-state index in [0.717, 1.165) is 0 Å². The third kappa shape index (κ3) is 3.35. The molecule has 0 aliphatic heterocycles. The van der Waals surface area contributed by atoms with Crippen LogP contribution < -0.4 is 5.32 Å². The van der Waals surface area contributed by atoms with Crippen molar-refractivity contribution in [3.63, 3.8) is 0 Å². The predicted molar refractivity (Wildman–Crippen MR) is 64.3 cm³/mol. The summed E-state index contributed by atoms with van der Waals surface area (Å²) >= 11 is 0. The largest absolute Gasteiger partial charge is 0.481 e. The summed E-state index contributed by atoms with van der Waals surface area (Å²) in [5, 5.41) is 12.2. The molecule has 0 saturated carbocycles.